The van der Waals surface area contributed by atoms with Crippen molar-refractivity contribution in [3.8, 4) is 0 Å². The molecule has 4 heteroatoms. The molecule has 0 heterocycles. The molecule has 30 heavy (non-hydrogen) atoms. The summed E-state index contributed by atoms with van der Waals surface area (Å²) in [5.41, 5.74) is 6.02. The first kappa shape index (κ1) is 22.3. The second-order valence-electron chi connectivity index (χ2n) is 12.1. The maximum absolute atomic E-state index is 12.6. The number of hydrogen-bond acceptors (Lipinski definition) is 4. The van der Waals surface area contributed by atoms with Crippen molar-refractivity contribution in [1.82, 2.24) is 0 Å². The zero-order valence-corrected chi connectivity index (χ0v) is 19.7. The van der Waals surface area contributed by atoms with Crippen LogP contribution >= 0.6 is 0 Å². The number of esters is 1. The molecule has 0 unspecified atom stereocenters. The molecule has 0 bridgehead atoms. The van der Waals surface area contributed by atoms with Gasteiger partial charge in [-0.15, -0.1) is 0 Å². The Labute approximate surface area is 183 Å². The summed E-state index contributed by atoms with van der Waals surface area (Å²) in [6.07, 6.45) is 10.9. The van der Waals surface area contributed by atoms with Gasteiger partial charge in [-0.2, -0.15) is 0 Å². The second kappa shape index (κ2) is 7.90. The second-order valence-corrected chi connectivity index (χ2v) is 12.1. The normalized spacial score (nSPS) is 45.6. The van der Waals surface area contributed by atoms with Crippen LogP contribution in [0.2, 0.25) is 0 Å². The third-order valence-corrected chi connectivity index (χ3v) is 10.1. The summed E-state index contributed by atoms with van der Waals surface area (Å²) < 4.78 is 6.10. The van der Waals surface area contributed by atoms with Gasteiger partial charge in [-0.3, -0.25) is 9.59 Å². The molecule has 4 nitrogen and oxygen atoms in total. The Morgan fingerprint density at radius 3 is 2.57 bits per heavy atom. The molecule has 0 saturated heterocycles. The van der Waals surface area contributed by atoms with Crippen LogP contribution in [0.4, 0.5) is 0 Å². The quantitative estimate of drug-likeness (QED) is 0.618. The van der Waals surface area contributed by atoms with E-state index in [1.54, 1.807) is 0 Å². The van der Waals surface area contributed by atoms with E-state index in [1.807, 2.05) is 0 Å². The zero-order chi connectivity index (χ0) is 21.7. The van der Waals surface area contributed by atoms with Crippen LogP contribution in [0.15, 0.2) is 0 Å². The fourth-order valence-corrected chi connectivity index (χ4v) is 8.10. The number of fused-ring (bicyclic) bond motifs is 5. The van der Waals surface area contributed by atoms with Crippen LogP contribution in [0, 0.1) is 40.4 Å². The molecule has 4 aliphatic rings. The molecule has 0 aromatic rings. The first-order valence-corrected chi connectivity index (χ1v) is 12.6. The monoisotopic (exact) mass is 417 g/mol. The SMILES string of the molecule is CC(C)CCC(=O)O[C@]1(CN)CC[C@@]2(C)[C@@H](CC[C@@H]3[C@@H]2CC[C@]2(C)C(=O)CC[C@@H]32)C1. The lowest BCUT2D eigenvalue weighted by molar-refractivity contribution is -0.182. The number of carbonyl (C=O) groups is 2. The average molecular weight is 418 g/mol. The molecule has 0 aromatic carbocycles. The van der Waals surface area contributed by atoms with Crippen LogP contribution in [0.1, 0.15) is 98.3 Å². The highest BCUT2D eigenvalue weighted by Gasteiger charge is 2.61. The maximum atomic E-state index is 12.6. The fourth-order valence-electron chi connectivity index (χ4n) is 8.10. The molecule has 0 aliphatic heterocycles. The number of nitrogens with two attached hydrogens (primary N) is 1. The van der Waals surface area contributed by atoms with Crippen LogP contribution in [0.5, 0.6) is 0 Å². The Bertz CT molecular complexity index is 690. The molecular formula is C26H43NO3. The number of rotatable bonds is 5. The minimum atomic E-state index is -0.461. The van der Waals surface area contributed by atoms with E-state index in [4.69, 9.17) is 10.5 Å². The third kappa shape index (κ3) is 3.55. The molecule has 0 radical (unpaired) electrons. The molecule has 170 valence electrons. The van der Waals surface area contributed by atoms with E-state index >= 15 is 0 Å². The summed E-state index contributed by atoms with van der Waals surface area (Å²) in [4.78, 5) is 25.2. The van der Waals surface area contributed by atoms with Gasteiger partial charge in [0.15, 0.2) is 0 Å². The van der Waals surface area contributed by atoms with Crippen LogP contribution in [-0.2, 0) is 14.3 Å². The Morgan fingerprint density at radius 2 is 1.87 bits per heavy atom. The molecule has 4 aliphatic carbocycles. The average Bonchev–Trinajstić information content (AvgIpc) is 3.01. The Morgan fingerprint density at radius 1 is 1.10 bits per heavy atom. The minimum Gasteiger partial charge on any atom is -0.458 e. The predicted octanol–water partition coefficient (Wildman–Crippen LogP) is 5.28. The van der Waals surface area contributed by atoms with Gasteiger partial charge in [0.25, 0.3) is 0 Å². The number of ketones is 1. The Hall–Kier alpha value is -0.900. The minimum absolute atomic E-state index is 0.0496. The van der Waals surface area contributed by atoms with Crippen LogP contribution < -0.4 is 5.73 Å². The van der Waals surface area contributed by atoms with Gasteiger partial charge in [-0.1, -0.05) is 27.7 Å². The van der Waals surface area contributed by atoms with E-state index in [-0.39, 0.29) is 11.4 Å². The summed E-state index contributed by atoms with van der Waals surface area (Å²) >= 11 is 0. The van der Waals surface area contributed by atoms with Gasteiger partial charge in [-0.25, -0.2) is 0 Å². The summed E-state index contributed by atoms with van der Waals surface area (Å²) in [6, 6.07) is 0. The lowest BCUT2D eigenvalue weighted by Crippen LogP contribution is -2.58. The van der Waals surface area contributed by atoms with Gasteiger partial charge in [0.2, 0.25) is 0 Å². The maximum Gasteiger partial charge on any atom is 0.306 e. The van der Waals surface area contributed by atoms with Crippen molar-refractivity contribution in [3.05, 3.63) is 0 Å². The summed E-state index contributed by atoms with van der Waals surface area (Å²) in [7, 11) is 0. The third-order valence-electron chi connectivity index (χ3n) is 10.1. The van der Waals surface area contributed by atoms with Crippen molar-refractivity contribution in [3.63, 3.8) is 0 Å². The smallest absolute Gasteiger partial charge is 0.306 e. The molecular weight excluding hydrogens is 374 g/mol. The van der Waals surface area contributed by atoms with Gasteiger partial charge >= 0.3 is 5.97 Å². The lowest BCUT2D eigenvalue weighted by atomic mass is 9.44. The van der Waals surface area contributed by atoms with Crippen LogP contribution in [-0.4, -0.2) is 23.9 Å². The highest BCUT2D eigenvalue weighted by atomic mass is 16.6. The van der Waals surface area contributed by atoms with E-state index < -0.39 is 5.60 Å². The molecule has 4 rings (SSSR count). The van der Waals surface area contributed by atoms with Crippen LogP contribution in [0.25, 0.3) is 0 Å². The number of ether oxygens (including phenoxy) is 1. The molecule has 4 fully saturated rings. The van der Waals surface area contributed by atoms with Gasteiger partial charge in [0.05, 0.1) is 0 Å². The van der Waals surface area contributed by atoms with E-state index in [2.05, 4.69) is 27.7 Å². The van der Waals surface area contributed by atoms with E-state index in [1.165, 1.54) is 19.3 Å². The summed E-state index contributed by atoms with van der Waals surface area (Å²) in [6.45, 7) is 9.49. The van der Waals surface area contributed by atoms with Crippen LogP contribution in [0.3, 0.4) is 0 Å². The lowest BCUT2D eigenvalue weighted by Gasteiger charge is -2.61. The predicted molar refractivity (Wildman–Crippen MR) is 119 cm³/mol. The molecule has 7 atom stereocenters. The summed E-state index contributed by atoms with van der Waals surface area (Å²) in [5, 5.41) is 0. The molecule has 0 amide bonds. The first-order valence-electron chi connectivity index (χ1n) is 12.6. The van der Waals surface area contributed by atoms with E-state index in [0.717, 1.165) is 44.9 Å². The van der Waals surface area contributed by atoms with E-state index in [0.29, 0.717) is 53.8 Å². The molecule has 4 saturated carbocycles. The fraction of sp³-hybridized carbons (Fsp3) is 0.923. The highest BCUT2D eigenvalue weighted by molar-refractivity contribution is 5.87. The Balaban J connectivity index is 1.48. The van der Waals surface area contributed by atoms with Crippen molar-refractivity contribution in [2.24, 2.45) is 46.2 Å². The summed E-state index contributed by atoms with van der Waals surface area (Å²) in [5.74, 6) is 3.56. The largest absolute Gasteiger partial charge is 0.458 e. The number of Topliss-reactive ketones (excluding diaryl/α,β-unsaturated/α-hetero) is 1. The van der Waals surface area contributed by atoms with Crippen molar-refractivity contribution in [1.29, 1.82) is 0 Å². The molecule has 2 N–H and O–H groups in total. The van der Waals surface area contributed by atoms with Crippen molar-refractivity contribution in [2.45, 2.75) is 104 Å². The first-order chi connectivity index (χ1) is 14.1. The molecule has 0 aromatic heterocycles. The highest BCUT2D eigenvalue weighted by Crippen LogP contribution is 2.66. The van der Waals surface area contributed by atoms with Crippen molar-refractivity contribution in [2.75, 3.05) is 6.54 Å². The number of hydrogen-bond donors (Lipinski definition) is 1. The number of carbonyl (C=O) groups excluding carboxylic acids is 2. The zero-order valence-electron chi connectivity index (χ0n) is 19.7. The Kier molecular flexibility index (Phi) is 5.87. The van der Waals surface area contributed by atoms with E-state index in [9.17, 15) is 9.59 Å². The topological polar surface area (TPSA) is 69.4 Å². The van der Waals surface area contributed by atoms with Gasteiger partial charge < -0.3 is 10.5 Å². The van der Waals surface area contributed by atoms with Crippen molar-refractivity contribution >= 4 is 11.8 Å². The van der Waals surface area contributed by atoms with Gasteiger partial charge in [0.1, 0.15) is 11.4 Å². The molecule has 0 spiro atoms. The van der Waals surface area contributed by atoms with Crippen molar-refractivity contribution < 1.29 is 14.3 Å². The van der Waals surface area contributed by atoms with Gasteiger partial charge in [0, 0.05) is 24.8 Å². The standard InChI is InChI=1S/C26H43NO3/c1-17(2)5-10-23(29)30-26(16-27)14-13-24(3)18(15-26)6-7-19-20-8-9-22(28)25(20,4)12-11-21(19)24/h17-21H,5-16,27H2,1-4H3/t18-,19-,20-,21-,24-,25-,26+/m0/s1. The van der Waals surface area contributed by atoms with Gasteiger partial charge in [-0.05, 0) is 92.8 Å².